The molecule has 0 amide bonds. The van der Waals surface area contributed by atoms with Crippen molar-refractivity contribution in [3.8, 4) is 0 Å². The van der Waals surface area contributed by atoms with Gasteiger partial charge in [0.2, 0.25) is 0 Å². The van der Waals surface area contributed by atoms with Gasteiger partial charge in [0.15, 0.2) is 5.11 Å². The molecule has 1 rings (SSSR count). The Bertz CT molecular complexity index is 419. The van der Waals surface area contributed by atoms with Crippen LogP contribution in [-0.2, 0) is 0 Å². The molecule has 1 aromatic carbocycles. The number of hydrogen-bond acceptors (Lipinski definition) is 2. The lowest BCUT2D eigenvalue weighted by Gasteiger charge is -2.19. The zero-order chi connectivity index (χ0) is 14.3. The van der Waals surface area contributed by atoms with Crippen LogP contribution in [0.25, 0.3) is 0 Å². The third kappa shape index (κ3) is 5.35. The quantitative estimate of drug-likeness (QED) is 0.788. The first-order valence-corrected chi connectivity index (χ1v) is 7.39. The van der Waals surface area contributed by atoms with Gasteiger partial charge >= 0.3 is 0 Å². The Morgan fingerprint density at radius 3 is 2.63 bits per heavy atom. The van der Waals surface area contributed by atoms with E-state index in [0.717, 1.165) is 42.5 Å². The monoisotopic (exact) mass is 299 g/mol. The molecule has 0 saturated carbocycles. The van der Waals surface area contributed by atoms with Crippen molar-refractivity contribution >= 4 is 34.6 Å². The number of nitrogens with one attached hydrogen (secondary N) is 2. The highest BCUT2D eigenvalue weighted by Gasteiger charge is 2.04. The summed E-state index contributed by atoms with van der Waals surface area (Å²) < 4.78 is 0. The molecule has 0 fully saturated rings. The Balaban J connectivity index is 2.41. The zero-order valence-electron chi connectivity index (χ0n) is 11.8. The van der Waals surface area contributed by atoms with Crippen LogP contribution >= 0.6 is 23.8 Å². The summed E-state index contributed by atoms with van der Waals surface area (Å²) >= 11 is 11.4. The van der Waals surface area contributed by atoms with Crippen LogP contribution in [0.4, 0.5) is 5.69 Å². The van der Waals surface area contributed by atoms with Crippen molar-refractivity contribution in [3.63, 3.8) is 0 Å². The van der Waals surface area contributed by atoms with E-state index in [4.69, 9.17) is 23.8 Å². The van der Waals surface area contributed by atoms with E-state index < -0.39 is 0 Å². The third-order valence-electron chi connectivity index (χ3n) is 3.12. The van der Waals surface area contributed by atoms with Crippen molar-refractivity contribution < 1.29 is 0 Å². The highest BCUT2D eigenvalue weighted by atomic mass is 35.5. The average Bonchev–Trinajstić information content (AvgIpc) is 2.40. The van der Waals surface area contributed by atoms with Gasteiger partial charge in [0.25, 0.3) is 0 Å². The lowest BCUT2D eigenvalue weighted by molar-refractivity contribution is 0.308. The van der Waals surface area contributed by atoms with Crippen LogP contribution in [0, 0.1) is 6.92 Å². The number of hydrogen-bond donors (Lipinski definition) is 2. The number of rotatable bonds is 6. The predicted octanol–water partition coefficient (Wildman–Crippen LogP) is 3.28. The topological polar surface area (TPSA) is 27.3 Å². The molecular formula is C14H22ClN3S. The van der Waals surface area contributed by atoms with Crippen molar-refractivity contribution in [2.24, 2.45) is 0 Å². The molecule has 0 aliphatic heterocycles. The maximum Gasteiger partial charge on any atom is 0.170 e. The number of likely N-dealkylation sites (N-methyl/N-ethyl adjacent to an activating group) is 1. The van der Waals surface area contributed by atoms with Gasteiger partial charge in [-0.05, 0) is 49.9 Å². The SMILES string of the molecule is CCN(CC)CCNC(=S)Nc1cccc(Cl)c1C. The summed E-state index contributed by atoms with van der Waals surface area (Å²) in [7, 11) is 0. The van der Waals surface area contributed by atoms with Crippen molar-refractivity contribution in [3.05, 3.63) is 28.8 Å². The van der Waals surface area contributed by atoms with Gasteiger partial charge in [-0.25, -0.2) is 0 Å². The normalized spacial score (nSPS) is 10.6. The van der Waals surface area contributed by atoms with E-state index in [1.54, 1.807) is 0 Å². The highest BCUT2D eigenvalue weighted by molar-refractivity contribution is 7.80. The molecule has 3 nitrogen and oxygen atoms in total. The van der Waals surface area contributed by atoms with E-state index in [-0.39, 0.29) is 0 Å². The predicted molar refractivity (Wildman–Crippen MR) is 88.2 cm³/mol. The first-order valence-electron chi connectivity index (χ1n) is 6.60. The van der Waals surface area contributed by atoms with E-state index in [9.17, 15) is 0 Å². The van der Waals surface area contributed by atoms with Gasteiger partial charge in [-0.2, -0.15) is 0 Å². The molecule has 0 atom stereocenters. The number of halogens is 1. The second-order valence-corrected chi connectivity index (χ2v) is 5.14. The molecule has 0 spiro atoms. The van der Waals surface area contributed by atoms with E-state index in [0.29, 0.717) is 5.11 Å². The van der Waals surface area contributed by atoms with Gasteiger partial charge in [0.1, 0.15) is 0 Å². The van der Waals surface area contributed by atoms with E-state index >= 15 is 0 Å². The summed E-state index contributed by atoms with van der Waals surface area (Å²) in [5.74, 6) is 0. The van der Waals surface area contributed by atoms with E-state index in [1.807, 2.05) is 25.1 Å². The molecule has 19 heavy (non-hydrogen) atoms. The van der Waals surface area contributed by atoms with Gasteiger partial charge in [-0.15, -0.1) is 0 Å². The van der Waals surface area contributed by atoms with Gasteiger partial charge in [-0.1, -0.05) is 31.5 Å². The fraction of sp³-hybridized carbons (Fsp3) is 0.500. The summed E-state index contributed by atoms with van der Waals surface area (Å²) in [6.45, 7) is 10.3. The second-order valence-electron chi connectivity index (χ2n) is 4.32. The van der Waals surface area contributed by atoms with Crippen LogP contribution in [0.2, 0.25) is 5.02 Å². The smallest absolute Gasteiger partial charge is 0.170 e. The van der Waals surface area contributed by atoms with Crippen molar-refractivity contribution in [2.75, 3.05) is 31.5 Å². The minimum atomic E-state index is 0.637. The van der Waals surface area contributed by atoms with Crippen LogP contribution < -0.4 is 10.6 Å². The summed E-state index contributed by atoms with van der Waals surface area (Å²) in [6.07, 6.45) is 0. The molecule has 0 bridgehead atoms. The zero-order valence-corrected chi connectivity index (χ0v) is 13.4. The van der Waals surface area contributed by atoms with Crippen LogP contribution in [-0.4, -0.2) is 36.2 Å². The Morgan fingerprint density at radius 1 is 1.32 bits per heavy atom. The van der Waals surface area contributed by atoms with Crippen LogP contribution in [0.15, 0.2) is 18.2 Å². The minimum absolute atomic E-state index is 0.637. The van der Waals surface area contributed by atoms with Gasteiger partial charge in [0, 0.05) is 23.8 Å². The van der Waals surface area contributed by atoms with Crippen LogP contribution in [0.1, 0.15) is 19.4 Å². The van der Waals surface area contributed by atoms with E-state index in [1.165, 1.54) is 0 Å². The number of anilines is 1. The van der Waals surface area contributed by atoms with E-state index in [2.05, 4.69) is 29.4 Å². The van der Waals surface area contributed by atoms with Crippen molar-refractivity contribution in [2.45, 2.75) is 20.8 Å². The van der Waals surface area contributed by atoms with Gasteiger partial charge < -0.3 is 15.5 Å². The molecule has 0 aliphatic rings. The fourth-order valence-electron chi connectivity index (χ4n) is 1.78. The summed E-state index contributed by atoms with van der Waals surface area (Å²) in [6, 6.07) is 5.76. The lowest BCUT2D eigenvalue weighted by Crippen LogP contribution is -2.36. The minimum Gasteiger partial charge on any atom is -0.361 e. The van der Waals surface area contributed by atoms with Gasteiger partial charge in [-0.3, -0.25) is 0 Å². The maximum absolute atomic E-state index is 6.07. The largest absolute Gasteiger partial charge is 0.361 e. The molecule has 0 aliphatic carbocycles. The van der Waals surface area contributed by atoms with Gasteiger partial charge in [0.05, 0.1) is 0 Å². The Morgan fingerprint density at radius 2 is 2.00 bits per heavy atom. The number of benzene rings is 1. The Labute approximate surface area is 126 Å². The standard InChI is InChI=1S/C14H22ClN3S/c1-4-18(5-2)10-9-16-14(19)17-13-8-6-7-12(15)11(13)3/h6-8H,4-5,9-10H2,1-3H3,(H2,16,17,19). The molecule has 106 valence electrons. The van der Waals surface area contributed by atoms with Crippen molar-refractivity contribution in [1.29, 1.82) is 0 Å². The summed E-state index contributed by atoms with van der Waals surface area (Å²) in [5, 5.41) is 7.77. The second kappa shape index (κ2) is 8.35. The first-order chi connectivity index (χ1) is 9.08. The number of nitrogens with zero attached hydrogens (tertiary/aromatic N) is 1. The molecule has 1 aromatic rings. The molecule has 2 N–H and O–H groups in total. The summed E-state index contributed by atoms with van der Waals surface area (Å²) in [4.78, 5) is 2.35. The van der Waals surface area contributed by atoms with Crippen molar-refractivity contribution in [1.82, 2.24) is 10.2 Å². The molecule has 0 radical (unpaired) electrons. The molecule has 0 saturated heterocycles. The molecular weight excluding hydrogens is 278 g/mol. The molecule has 5 heteroatoms. The Hall–Kier alpha value is -0.840. The van der Waals surface area contributed by atoms with Crippen LogP contribution in [0.3, 0.4) is 0 Å². The molecule has 0 unspecified atom stereocenters. The first kappa shape index (κ1) is 16.2. The Kier molecular flexibility index (Phi) is 7.13. The number of thiocarbonyl (C=S) groups is 1. The maximum atomic E-state index is 6.07. The fourth-order valence-corrected chi connectivity index (χ4v) is 2.16. The molecule has 0 heterocycles. The highest BCUT2D eigenvalue weighted by Crippen LogP contribution is 2.22. The lowest BCUT2D eigenvalue weighted by atomic mass is 10.2. The third-order valence-corrected chi connectivity index (χ3v) is 3.78. The van der Waals surface area contributed by atoms with Crippen LogP contribution in [0.5, 0.6) is 0 Å². The molecule has 0 aromatic heterocycles. The summed E-state index contributed by atoms with van der Waals surface area (Å²) in [5.41, 5.74) is 1.96. The average molecular weight is 300 g/mol.